The zero-order chi connectivity index (χ0) is 59.3. The van der Waals surface area contributed by atoms with Crippen LogP contribution in [0.2, 0.25) is 0 Å². The Hall–Kier alpha value is -5.74. The summed E-state index contributed by atoms with van der Waals surface area (Å²) in [5.41, 5.74) is -6.61. The van der Waals surface area contributed by atoms with Crippen molar-refractivity contribution in [3.63, 3.8) is 0 Å². The quantitative estimate of drug-likeness (QED) is 0.0312. The summed E-state index contributed by atoms with van der Waals surface area (Å²) >= 11 is 11.4. The lowest BCUT2D eigenvalue weighted by molar-refractivity contribution is -0.187. The highest BCUT2D eigenvalue weighted by Crippen LogP contribution is 2.50. The van der Waals surface area contributed by atoms with Gasteiger partial charge >= 0.3 is 48.5 Å². The highest BCUT2D eigenvalue weighted by molar-refractivity contribution is 8.09. The van der Waals surface area contributed by atoms with Crippen LogP contribution in [0.1, 0.15) is 109 Å². The summed E-state index contributed by atoms with van der Waals surface area (Å²) in [6.07, 6.45) is -6.20. The lowest BCUT2D eigenvalue weighted by Gasteiger charge is -2.34. The summed E-state index contributed by atoms with van der Waals surface area (Å²) in [6, 6.07) is 17.5. The summed E-state index contributed by atoms with van der Waals surface area (Å²) in [6.45, 7) is 8.10. The normalized spacial score (nSPS) is 24.1. The van der Waals surface area contributed by atoms with Crippen LogP contribution in [0, 0.1) is 0 Å². The average Bonchev–Trinajstić information content (AvgIpc) is 3.67. The minimum Gasteiger partial charge on any atom is -0.462 e. The van der Waals surface area contributed by atoms with E-state index in [0.717, 1.165) is 27.5 Å². The van der Waals surface area contributed by atoms with Gasteiger partial charge in [0.15, 0.2) is 24.2 Å². The molecular weight excluding hydrogens is 1150 g/mol. The third-order valence-corrected chi connectivity index (χ3v) is 16.7. The van der Waals surface area contributed by atoms with Crippen LogP contribution < -0.4 is 41.7 Å². The van der Waals surface area contributed by atoms with E-state index in [0.29, 0.717) is 11.5 Å². The maximum Gasteiger partial charge on any atom is 0.330 e. The molecule has 2 aliphatic heterocycles. The number of aromatic amines is 2. The van der Waals surface area contributed by atoms with Gasteiger partial charge in [-0.15, -0.1) is 0 Å². The molecule has 2 unspecified atom stereocenters. The zero-order valence-electron chi connectivity index (χ0n) is 45.5. The van der Waals surface area contributed by atoms with Gasteiger partial charge in [-0.05, 0) is 103 Å². The molecule has 4 aromatic rings. The Morgan fingerprint density at radius 1 is 0.659 bits per heavy atom. The van der Waals surface area contributed by atoms with E-state index >= 15 is 0 Å². The molecule has 2 aromatic carbocycles. The first-order valence-corrected chi connectivity index (χ1v) is 30.5. The number of H-pyrrole nitrogens is 2. The highest BCUT2D eigenvalue weighted by Gasteiger charge is 2.60. The molecule has 2 aliphatic rings. The Morgan fingerprint density at radius 2 is 1.06 bits per heavy atom. The van der Waals surface area contributed by atoms with E-state index in [1.807, 2.05) is 0 Å². The van der Waals surface area contributed by atoms with Gasteiger partial charge in [-0.25, -0.2) is 19.8 Å². The van der Waals surface area contributed by atoms with E-state index in [1.54, 1.807) is 116 Å². The smallest absolute Gasteiger partial charge is 0.330 e. The van der Waals surface area contributed by atoms with Crippen molar-refractivity contribution in [3.8, 4) is 11.5 Å². The molecule has 456 valence electrons. The third-order valence-electron chi connectivity index (χ3n) is 11.7. The van der Waals surface area contributed by atoms with Gasteiger partial charge in [-0.3, -0.25) is 47.9 Å². The molecule has 30 heteroatoms. The Kier molecular flexibility index (Phi) is 26.4. The number of carbonyl (C=O) groups excluding carboxylic acids is 4. The van der Waals surface area contributed by atoms with Gasteiger partial charge in [0.1, 0.15) is 47.5 Å². The highest BCUT2D eigenvalue weighted by atomic mass is 32.5. The van der Waals surface area contributed by atoms with Gasteiger partial charge in [-0.2, -0.15) is 0 Å². The van der Waals surface area contributed by atoms with E-state index < -0.39 is 126 Å². The predicted octanol–water partition coefficient (Wildman–Crippen LogP) is 4.79. The number of aromatic nitrogens is 4. The van der Waals surface area contributed by atoms with E-state index in [1.165, 1.54) is 20.0 Å². The molecule has 12 atom stereocenters. The molecule has 2 fully saturated rings. The van der Waals surface area contributed by atoms with Crippen LogP contribution in [0.5, 0.6) is 11.5 Å². The SMILES string of the molecule is C.C.CC(C)OC(=O)[C@H](C)NP(=S)(OC[C@H]1O[C@@H](n2ccc(=O)[nH]c2=O)[C@](C)(O)[C@@H]1O)Oc1ccccc1.CCC(=O)O[C@@H]1[C@@H](COP(=S)(N[C@@H](C)C(=O)OC(C)C)Oc2ccccc2)O[C@@H](n2ccc(=O)[nH]c2=O)[C@]1(C)OC(=O)CC. The van der Waals surface area contributed by atoms with Crippen LogP contribution in [0.3, 0.4) is 0 Å². The summed E-state index contributed by atoms with van der Waals surface area (Å²) in [7, 11) is 0. The van der Waals surface area contributed by atoms with Crippen molar-refractivity contribution < 1.29 is 75.9 Å². The first kappa shape index (κ1) is 70.5. The zero-order valence-corrected chi connectivity index (χ0v) is 49.0. The standard InChI is InChI=1S/C28H38N3O11PS.C22H30N3O9PS.2CH4/c1-7-22(33)40-24-20(39-26(28(24,6)41-23(34)8-2)31-15-14-21(32)29-27(31)36)16-37-43(44,42-19-12-10-9-11-13-19)30-18(5)25(35)38-17(3)4;1-13(2)32-19(28)14(3)24-35(36,34-15-8-6-5-7-9-15)31-12-16-18(27)22(4,30)20(33-16)25-11-10-17(26)23-21(25)29;;/h9-15,17-18,20,24,26H,7-8,16H2,1-6H3,(H,30,44)(H,29,32,36);5-11,13-14,16,18,20,27,30H,12H2,1-4H3,(H,24,36)(H,23,26,29);2*1H4/t18-,20+,24+,26+,28+,43?;14-,16+,18+,20+,22+,35?;;/m00../s1. The third kappa shape index (κ3) is 18.9. The number of para-hydroxylation sites is 2. The fraction of sp³-hybridized carbons (Fsp3) is 0.538. The molecule has 26 nitrogen and oxygen atoms in total. The summed E-state index contributed by atoms with van der Waals surface area (Å²) in [4.78, 5) is 103. The number of hydrogen-bond donors (Lipinski definition) is 6. The van der Waals surface area contributed by atoms with E-state index in [2.05, 4.69) is 20.1 Å². The number of aliphatic hydroxyl groups is 2. The van der Waals surface area contributed by atoms with Crippen molar-refractivity contribution in [2.45, 2.75) is 169 Å². The number of nitrogens with zero attached hydrogens (tertiary/aromatic N) is 2. The molecule has 82 heavy (non-hydrogen) atoms. The number of aliphatic hydroxyl groups excluding tert-OH is 1. The minimum atomic E-state index is -3.56. The van der Waals surface area contributed by atoms with Crippen molar-refractivity contribution in [2.24, 2.45) is 0 Å². The monoisotopic (exact) mass is 1230 g/mol. The maximum atomic E-state index is 12.8. The van der Waals surface area contributed by atoms with Gasteiger partial charge in [-0.1, -0.05) is 65.1 Å². The van der Waals surface area contributed by atoms with Crippen LogP contribution in [-0.4, -0.2) is 126 Å². The van der Waals surface area contributed by atoms with Crippen LogP contribution in [0.15, 0.2) is 104 Å². The maximum absolute atomic E-state index is 12.8. The van der Waals surface area contributed by atoms with Crippen LogP contribution in [0.4, 0.5) is 0 Å². The van der Waals surface area contributed by atoms with E-state index in [-0.39, 0.29) is 46.5 Å². The van der Waals surface area contributed by atoms with Crippen LogP contribution in [0.25, 0.3) is 0 Å². The Morgan fingerprint density at radius 3 is 1.46 bits per heavy atom. The Bertz CT molecular complexity index is 3110. The first-order valence-electron chi connectivity index (χ1n) is 25.2. The van der Waals surface area contributed by atoms with Crippen LogP contribution in [-0.2, 0) is 80.3 Å². The number of esters is 4. The second-order valence-electron chi connectivity index (χ2n) is 19.1. The fourth-order valence-corrected chi connectivity index (χ4v) is 12.6. The number of benzene rings is 2. The average molecular weight is 1230 g/mol. The Labute approximate surface area is 484 Å². The number of ether oxygens (including phenoxy) is 6. The molecule has 4 heterocycles. The van der Waals surface area contributed by atoms with Gasteiger partial charge in [0.2, 0.25) is 0 Å². The molecule has 0 radical (unpaired) electrons. The second kappa shape index (κ2) is 30.7. The van der Waals surface area contributed by atoms with Crippen molar-refractivity contribution >= 4 is 60.8 Å². The second-order valence-corrected chi connectivity index (χ2v) is 25.4. The van der Waals surface area contributed by atoms with Crippen LogP contribution >= 0.6 is 13.3 Å². The Balaban J connectivity index is 0.000000428. The van der Waals surface area contributed by atoms with Crippen molar-refractivity contribution in [3.05, 3.63) is 127 Å². The molecule has 0 aliphatic carbocycles. The first-order chi connectivity index (χ1) is 37.5. The molecular formula is C52H76N6O20P2S2. The molecule has 6 rings (SSSR count). The minimum absolute atomic E-state index is 0. The van der Waals surface area contributed by atoms with Crippen molar-refractivity contribution in [1.82, 2.24) is 29.3 Å². The van der Waals surface area contributed by atoms with Gasteiger partial charge < -0.3 is 56.7 Å². The summed E-state index contributed by atoms with van der Waals surface area (Å²) in [5, 5.41) is 27.4. The lowest BCUT2D eigenvalue weighted by atomic mass is 9.95. The number of carbonyl (C=O) groups is 4. The fourth-order valence-electron chi connectivity index (χ4n) is 7.81. The molecule has 0 spiro atoms. The number of nitrogens with one attached hydrogen (secondary N) is 4. The largest absolute Gasteiger partial charge is 0.462 e. The van der Waals surface area contributed by atoms with Gasteiger partial charge in [0, 0.05) is 37.4 Å². The summed E-state index contributed by atoms with van der Waals surface area (Å²) in [5.74, 6) is -1.70. The number of rotatable bonds is 24. The molecule has 6 N–H and O–H groups in total. The molecule has 0 saturated carbocycles. The summed E-state index contributed by atoms with van der Waals surface area (Å²) < 4.78 is 59.9. The van der Waals surface area contributed by atoms with Gasteiger partial charge in [0.25, 0.3) is 11.1 Å². The van der Waals surface area contributed by atoms with Crippen molar-refractivity contribution in [1.29, 1.82) is 0 Å². The van der Waals surface area contributed by atoms with Gasteiger partial charge in [0.05, 0.1) is 25.4 Å². The molecule has 0 amide bonds. The predicted molar refractivity (Wildman–Crippen MR) is 308 cm³/mol. The van der Waals surface area contributed by atoms with E-state index in [4.69, 9.17) is 70.1 Å². The van der Waals surface area contributed by atoms with E-state index in [9.17, 15) is 48.6 Å². The molecule has 2 aromatic heterocycles. The topological polar surface area (TPSA) is 335 Å². The number of hydrogen-bond acceptors (Lipinski definition) is 22. The van der Waals surface area contributed by atoms with Crippen molar-refractivity contribution in [2.75, 3.05) is 13.2 Å². The molecule has 0 bridgehead atoms. The molecule has 2 saturated heterocycles. The lowest BCUT2D eigenvalue weighted by Crippen LogP contribution is -2.52.